The molecule has 98 valence electrons. The van der Waals surface area contributed by atoms with Crippen molar-refractivity contribution in [2.75, 3.05) is 0 Å². The molecule has 0 aliphatic rings. The van der Waals surface area contributed by atoms with Crippen LogP contribution in [0.4, 0.5) is 0 Å². The minimum absolute atomic E-state index is 0.909. The van der Waals surface area contributed by atoms with Crippen molar-refractivity contribution in [1.82, 2.24) is 9.97 Å². The summed E-state index contributed by atoms with van der Waals surface area (Å²) in [6, 6.07) is 6.06. The average molecular weight is 265 g/mol. The molecule has 3 heteroatoms. The zero-order chi connectivity index (χ0) is 13.4. The second kappa shape index (κ2) is 7.93. The number of nitrogens with zero attached hydrogens (tertiary/aromatic N) is 1. The fourth-order valence-corrected chi connectivity index (χ4v) is 2.04. The maximum absolute atomic E-state index is 6.01. The first-order valence-corrected chi connectivity index (χ1v) is 6.79. The highest BCUT2D eigenvalue weighted by atomic mass is 35.5. The van der Waals surface area contributed by atoms with Crippen LogP contribution in [0.5, 0.6) is 0 Å². The fraction of sp³-hybridized carbons (Fsp3) is 0.400. The van der Waals surface area contributed by atoms with E-state index < -0.39 is 0 Å². The van der Waals surface area contributed by atoms with Gasteiger partial charge in [-0.25, -0.2) is 4.98 Å². The number of aryl methyl sites for hydroxylation is 2. The van der Waals surface area contributed by atoms with E-state index in [0.29, 0.717) is 0 Å². The highest BCUT2D eigenvalue weighted by Crippen LogP contribution is 2.20. The van der Waals surface area contributed by atoms with Gasteiger partial charge in [0.1, 0.15) is 5.82 Å². The Hall–Kier alpha value is -1.28. The predicted molar refractivity (Wildman–Crippen MR) is 78.1 cm³/mol. The summed E-state index contributed by atoms with van der Waals surface area (Å²) in [4.78, 5) is 6.95. The number of hydrogen-bond acceptors (Lipinski definition) is 1. The Kier molecular flexibility index (Phi) is 6.51. The molecule has 0 aliphatic carbocycles. The number of benzene rings is 1. The van der Waals surface area contributed by atoms with E-state index in [0.717, 1.165) is 30.1 Å². The fourth-order valence-electron chi connectivity index (χ4n) is 1.72. The summed E-state index contributed by atoms with van der Waals surface area (Å²) in [6.45, 7) is 6.35. The third-order valence-electron chi connectivity index (χ3n) is 2.74. The zero-order valence-electron chi connectivity index (χ0n) is 11.3. The van der Waals surface area contributed by atoms with E-state index in [1.54, 1.807) is 6.20 Å². The molecule has 0 unspecified atom stereocenters. The topological polar surface area (TPSA) is 28.7 Å². The van der Waals surface area contributed by atoms with Gasteiger partial charge in [0.15, 0.2) is 0 Å². The average Bonchev–Trinajstić information content (AvgIpc) is 2.88. The van der Waals surface area contributed by atoms with Gasteiger partial charge in [0.2, 0.25) is 0 Å². The summed E-state index contributed by atoms with van der Waals surface area (Å²) in [5, 5.41) is 0.909. The molecular weight excluding hydrogens is 244 g/mol. The minimum atomic E-state index is 0.909. The predicted octanol–water partition coefficient (Wildman–Crippen LogP) is 4.57. The highest BCUT2D eigenvalue weighted by Gasteiger charge is 2.00. The number of imidazole rings is 1. The molecule has 0 amide bonds. The Morgan fingerprint density at radius 3 is 2.50 bits per heavy atom. The van der Waals surface area contributed by atoms with Crippen LogP contribution in [0.1, 0.15) is 37.2 Å². The van der Waals surface area contributed by atoms with E-state index in [1.165, 1.54) is 11.1 Å². The van der Waals surface area contributed by atoms with E-state index in [9.17, 15) is 0 Å². The second-order valence-electron chi connectivity index (χ2n) is 4.17. The first-order chi connectivity index (χ1) is 8.69. The van der Waals surface area contributed by atoms with Gasteiger partial charge < -0.3 is 4.98 Å². The summed E-state index contributed by atoms with van der Waals surface area (Å²) < 4.78 is 0. The molecule has 0 fully saturated rings. The maximum atomic E-state index is 6.01. The van der Waals surface area contributed by atoms with Gasteiger partial charge in [-0.05, 0) is 30.5 Å². The van der Waals surface area contributed by atoms with Crippen LogP contribution >= 0.6 is 11.6 Å². The van der Waals surface area contributed by atoms with Crippen molar-refractivity contribution >= 4 is 11.6 Å². The summed E-state index contributed by atoms with van der Waals surface area (Å²) in [6.07, 6.45) is 6.83. The number of rotatable bonds is 3. The molecule has 18 heavy (non-hydrogen) atoms. The van der Waals surface area contributed by atoms with Crippen LogP contribution in [0.15, 0.2) is 30.6 Å². The molecule has 2 rings (SSSR count). The molecule has 0 bridgehead atoms. The van der Waals surface area contributed by atoms with Crippen LogP contribution in [0.2, 0.25) is 5.02 Å². The van der Waals surface area contributed by atoms with Crippen molar-refractivity contribution in [3.05, 3.63) is 52.6 Å². The van der Waals surface area contributed by atoms with Crippen LogP contribution < -0.4 is 0 Å². The van der Waals surface area contributed by atoms with Crippen molar-refractivity contribution < 1.29 is 0 Å². The summed E-state index contributed by atoms with van der Waals surface area (Å²) in [5.41, 5.74) is 2.61. The lowest BCUT2D eigenvalue weighted by Gasteiger charge is -2.05. The van der Waals surface area contributed by atoms with Crippen molar-refractivity contribution in [2.45, 2.75) is 40.0 Å². The lowest BCUT2D eigenvalue weighted by atomic mass is 10.0. The molecule has 1 aromatic heterocycles. The molecule has 0 saturated carbocycles. The second-order valence-corrected chi connectivity index (χ2v) is 4.58. The molecule has 2 aromatic rings. The number of nitrogens with one attached hydrogen (secondary N) is 1. The Morgan fingerprint density at radius 2 is 2.06 bits per heavy atom. The lowest BCUT2D eigenvalue weighted by molar-refractivity contribution is 0.913. The first kappa shape index (κ1) is 14.8. The standard InChI is InChI=1S/C10H13Cl.C5H8N2/c1-3-5-9-8(2)6-4-7-10(9)11;1-2-5-6-3-4-7-5/h4,6-7H,3,5H2,1-2H3;3-4H,2H2,1H3,(H,6,7). The smallest absolute Gasteiger partial charge is 0.105 e. The molecule has 0 aliphatic heterocycles. The number of H-pyrrole nitrogens is 1. The van der Waals surface area contributed by atoms with Crippen molar-refractivity contribution in [3.63, 3.8) is 0 Å². The van der Waals surface area contributed by atoms with Gasteiger partial charge in [-0.2, -0.15) is 0 Å². The SMILES string of the molecule is CCCc1c(C)cccc1Cl.CCc1ncc[nH]1. The van der Waals surface area contributed by atoms with Gasteiger partial charge in [0, 0.05) is 23.8 Å². The Bertz CT molecular complexity index is 429. The van der Waals surface area contributed by atoms with E-state index in [-0.39, 0.29) is 0 Å². The van der Waals surface area contributed by atoms with Gasteiger partial charge in [-0.3, -0.25) is 0 Å². The maximum Gasteiger partial charge on any atom is 0.105 e. The summed E-state index contributed by atoms with van der Waals surface area (Å²) >= 11 is 6.01. The van der Waals surface area contributed by atoms with Gasteiger partial charge in [0.25, 0.3) is 0 Å². The molecule has 0 radical (unpaired) electrons. The molecule has 0 atom stereocenters. The van der Waals surface area contributed by atoms with Crippen LogP contribution in [-0.4, -0.2) is 9.97 Å². The Balaban J connectivity index is 0.000000199. The minimum Gasteiger partial charge on any atom is -0.349 e. The third-order valence-corrected chi connectivity index (χ3v) is 3.10. The Morgan fingerprint density at radius 1 is 1.28 bits per heavy atom. The van der Waals surface area contributed by atoms with Gasteiger partial charge >= 0.3 is 0 Å². The lowest BCUT2D eigenvalue weighted by Crippen LogP contribution is -1.88. The highest BCUT2D eigenvalue weighted by molar-refractivity contribution is 6.31. The van der Waals surface area contributed by atoms with Crippen LogP contribution in [0.25, 0.3) is 0 Å². The van der Waals surface area contributed by atoms with E-state index in [1.807, 2.05) is 18.3 Å². The summed E-state index contributed by atoms with van der Waals surface area (Å²) in [7, 11) is 0. The Labute approximate surface area is 114 Å². The van der Waals surface area contributed by atoms with Crippen molar-refractivity contribution in [3.8, 4) is 0 Å². The molecule has 0 spiro atoms. The molecule has 1 heterocycles. The van der Waals surface area contributed by atoms with E-state index >= 15 is 0 Å². The third kappa shape index (κ3) is 4.53. The van der Waals surface area contributed by atoms with E-state index in [2.05, 4.69) is 36.8 Å². The molecule has 0 saturated heterocycles. The first-order valence-electron chi connectivity index (χ1n) is 6.41. The van der Waals surface area contributed by atoms with Crippen molar-refractivity contribution in [1.29, 1.82) is 0 Å². The normalized spacial score (nSPS) is 9.78. The van der Waals surface area contributed by atoms with Gasteiger partial charge in [0.05, 0.1) is 0 Å². The van der Waals surface area contributed by atoms with Gasteiger partial charge in [-0.1, -0.05) is 44.0 Å². The molecule has 1 aromatic carbocycles. The van der Waals surface area contributed by atoms with Crippen molar-refractivity contribution in [2.24, 2.45) is 0 Å². The summed E-state index contributed by atoms with van der Waals surface area (Å²) in [5.74, 6) is 1.06. The molecule has 2 nitrogen and oxygen atoms in total. The molecule has 1 N–H and O–H groups in total. The number of hydrogen-bond donors (Lipinski definition) is 1. The number of halogens is 1. The largest absolute Gasteiger partial charge is 0.349 e. The monoisotopic (exact) mass is 264 g/mol. The van der Waals surface area contributed by atoms with Gasteiger partial charge in [-0.15, -0.1) is 0 Å². The zero-order valence-corrected chi connectivity index (χ0v) is 12.1. The quantitative estimate of drug-likeness (QED) is 0.864. The molecular formula is C15H21ClN2. The van der Waals surface area contributed by atoms with E-state index in [4.69, 9.17) is 11.6 Å². The number of aromatic amines is 1. The van der Waals surface area contributed by atoms with Crippen LogP contribution in [0, 0.1) is 6.92 Å². The number of aromatic nitrogens is 2. The van der Waals surface area contributed by atoms with Crippen LogP contribution in [0.3, 0.4) is 0 Å². The van der Waals surface area contributed by atoms with Crippen LogP contribution in [-0.2, 0) is 12.8 Å².